The van der Waals surface area contributed by atoms with Gasteiger partial charge in [0, 0.05) is 6.04 Å². The van der Waals surface area contributed by atoms with Crippen molar-refractivity contribution in [2.75, 3.05) is 13.2 Å². The van der Waals surface area contributed by atoms with Crippen LogP contribution in [0.4, 0.5) is 4.39 Å². The van der Waals surface area contributed by atoms with Gasteiger partial charge in [-0.2, -0.15) is 0 Å². The molecule has 1 fully saturated rings. The van der Waals surface area contributed by atoms with Crippen LogP contribution < -0.4 is 5.32 Å². The van der Waals surface area contributed by atoms with Crippen molar-refractivity contribution in [3.63, 3.8) is 0 Å². The van der Waals surface area contributed by atoms with Gasteiger partial charge < -0.3 is 15.2 Å². The maximum atomic E-state index is 12.7. The van der Waals surface area contributed by atoms with Gasteiger partial charge in [0.1, 0.15) is 5.82 Å². The zero-order chi connectivity index (χ0) is 11.5. The van der Waals surface area contributed by atoms with E-state index in [0.29, 0.717) is 13.2 Å². The van der Waals surface area contributed by atoms with Gasteiger partial charge in [0.2, 0.25) is 0 Å². The van der Waals surface area contributed by atoms with Crippen molar-refractivity contribution in [1.82, 2.24) is 5.32 Å². The van der Waals surface area contributed by atoms with E-state index in [2.05, 4.69) is 5.32 Å². The molecule has 3 atom stereocenters. The summed E-state index contributed by atoms with van der Waals surface area (Å²) in [5, 5.41) is 12.8. The molecule has 0 amide bonds. The second-order valence-electron chi connectivity index (χ2n) is 4.15. The molecule has 1 aliphatic heterocycles. The lowest BCUT2D eigenvalue weighted by molar-refractivity contribution is 0.121. The minimum atomic E-state index is -0.456. The number of ether oxygens (including phenoxy) is 1. The average molecular weight is 225 g/mol. The first-order valence-electron chi connectivity index (χ1n) is 5.44. The quantitative estimate of drug-likeness (QED) is 0.813. The van der Waals surface area contributed by atoms with Gasteiger partial charge in [-0.15, -0.1) is 0 Å². The van der Waals surface area contributed by atoms with Crippen LogP contribution in [-0.2, 0) is 4.74 Å². The summed E-state index contributed by atoms with van der Waals surface area (Å²) in [5.74, 6) is -0.236. The molecule has 1 aromatic rings. The van der Waals surface area contributed by atoms with Crippen LogP contribution in [-0.4, -0.2) is 30.5 Å². The molecular formula is C12H16FNO2. The fourth-order valence-corrected chi connectivity index (χ4v) is 1.87. The molecule has 3 nitrogen and oxygen atoms in total. The standard InChI is InChI=1S/C12H16FNO2/c1-8(9-2-4-10(13)5-3-9)14-11-6-16-7-12(11)15/h2-5,8,11-12,14-15H,6-7H2,1H3/t8-,11?,12?/m1/s1. The molecule has 0 saturated carbocycles. The normalized spacial score (nSPS) is 26.9. The van der Waals surface area contributed by atoms with Crippen molar-refractivity contribution in [3.8, 4) is 0 Å². The molecule has 1 saturated heterocycles. The highest BCUT2D eigenvalue weighted by Gasteiger charge is 2.27. The van der Waals surface area contributed by atoms with Crippen LogP contribution >= 0.6 is 0 Å². The van der Waals surface area contributed by atoms with E-state index in [-0.39, 0.29) is 17.9 Å². The first kappa shape index (κ1) is 11.5. The molecule has 1 heterocycles. The summed E-state index contributed by atoms with van der Waals surface area (Å²) in [5.41, 5.74) is 1.00. The molecule has 1 aliphatic rings. The monoisotopic (exact) mass is 225 g/mol. The first-order valence-corrected chi connectivity index (χ1v) is 5.44. The third-order valence-electron chi connectivity index (χ3n) is 2.88. The zero-order valence-electron chi connectivity index (χ0n) is 9.19. The van der Waals surface area contributed by atoms with Gasteiger partial charge in [-0.3, -0.25) is 0 Å². The summed E-state index contributed by atoms with van der Waals surface area (Å²) < 4.78 is 17.9. The molecule has 2 N–H and O–H groups in total. The number of hydrogen-bond donors (Lipinski definition) is 2. The Bertz CT molecular complexity index is 341. The summed E-state index contributed by atoms with van der Waals surface area (Å²) in [6.45, 7) is 2.89. The number of aliphatic hydroxyl groups excluding tert-OH is 1. The Balaban J connectivity index is 1.97. The fourth-order valence-electron chi connectivity index (χ4n) is 1.87. The fraction of sp³-hybridized carbons (Fsp3) is 0.500. The number of benzene rings is 1. The molecule has 0 bridgehead atoms. The predicted octanol–water partition coefficient (Wildman–Crippen LogP) is 1.24. The molecular weight excluding hydrogens is 209 g/mol. The van der Waals surface area contributed by atoms with Gasteiger partial charge >= 0.3 is 0 Å². The molecule has 1 aromatic carbocycles. The van der Waals surface area contributed by atoms with Crippen molar-refractivity contribution >= 4 is 0 Å². The molecule has 88 valence electrons. The number of aliphatic hydroxyl groups is 1. The van der Waals surface area contributed by atoms with Gasteiger partial charge in [-0.05, 0) is 24.6 Å². The van der Waals surface area contributed by atoms with E-state index in [1.807, 2.05) is 6.92 Å². The minimum absolute atomic E-state index is 0.0416. The predicted molar refractivity (Wildman–Crippen MR) is 58.6 cm³/mol. The van der Waals surface area contributed by atoms with E-state index in [4.69, 9.17) is 4.74 Å². The van der Waals surface area contributed by atoms with E-state index < -0.39 is 6.10 Å². The van der Waals surface area contributed by atoms with Gasteiger partial charge in [0.15, 0.2) is 0 Å². The van der Waals surface area contributed by atoms with Crippen molar-refractivity contribution < 1.29 is 14.2 Å². The zero-order valence-corrected chi connectivity index (χ0v) is 9.19. The second-order valence-corrected chi connectivity index (χ2v) is 4.15. The maximum Gasteiger partial charge on any atom is 0.123 e. The SMILES string of the molecule is C[C@@H](NC1COCC1O)c1ccc(F)cc1. The van der Waals surface area contributed by atoms with Crippen LogP contribution in [0, 0.1) is 5.82 Å². The second kappa shape index (κ2) is 4.91. The lowest BCUT2D eigenvalue weighted by Gasteiger charge is -2.21. The molecule has 16 heavy (non-hydrogen) atoms. The Hall–Kier alpha value is -0.970. The summed E-state index contributed by atoms with van der Waals surface area (Å²) in [4.78, 5) is 0. The molecule has 2 rings (SSSR count). The summed E-state index contributed by atoms with van der Waals surface area (Å²) in [6, 6.07) is 6.40. The summed E-state index contributed by atoms with van der Waals surface area (Å²) in [6.07, 6.45) is -0.456. The summed E-state index contributed by atoms with van der Waals surface area (Å²) in [7, 11) is 0. The van der Waals surface area contributed by atoms with Crippen LogP contribution in [0.25, 0.3) is 0 Å². The number of halogens is 1. The van der Waals surface area contributed by atoms with Crippen LogP contribution in [0.15, 0.2) is 24.3 Å². The molecule has 0 aliphatic carbocycles. The molecule has 0 spiro atoms. The molecule has 0 radical (unpaired) electrons. The Morgan fingerprint density at radius 3 is 2.62 bits per heavy atom. The van der Waals surface area contributed by atoms with E-state index in [9.17, 15) is 9.50 Å². The van der Waals surface area contributed by atoms with Gasteiger partial charge in [0.25, 0.3) is 0 Å². The smallest absolute Gasteiger partial charge is 0.123 e. The van der Waals surface area contributed by atoms with Gasteiger partial charge in [-0.25, -0.2) is 4.39 Å². The third-order valence-corrected chi connectivity index (χ3v) is 2.88. The molecule has 0 aromatic heterocycles. The lowest BCUT2D eigenvalue weighted by atomic mass is 10.1. The molecule has 4 heteroatoms. The Morgan fingerprint density at radius 2 is 2.06 bits per heavy atom. The minimum Gasteiger partial charge on any atom is -0.389 e. The Morgan fingerprint density at radius 1 is 1.38 bits per heavy atom. The van der Waals surface area contributed by atoms with Gasteiger partial charge in [0.05, 0.1) is 25.4 Å². The van der Waals surface area contributed by atoms with Crippen LogP contribution in [0.5, 0.6) is 0 Å². The highest BCUT2D eigenvalue weighted by Crippen LogP contribution is 2.16. The average Bonchev–Trinajstić information content (AvgIpc) is 2.65. The maximum absolute atomic E-state index is 12.7. The largest absolute Gasteiger partial charge is 0.389 e. The lowest BCUT2D eigenvalue weighted by Crippen LogP contribution is -2.40. The van der Waals surface area contributed by atoms with Crippen LogP contribution in [0.3, 0.4) is 0 Å². The number of nitrogens with one attached hydrogen (secondary N) is 1. The highest BCUT2D eigenvalue weighted by atomic mass is 19.1. The molecule has 2 unspecified atom stereocenters. The summed E-state index contributed by atoms with van der Waals surface area (Å²) >= 11 is 0. The van der Waals surface area contributed by atoms with E-state index in [1.165, 1.54) is 12.1 Å². The highest BCUT2D eigenvalue weighted by molar-refractivity contribution is 5.19. The van der Waals surface area contributed by atoms with E-state index in [1.54, 1.807) is 12.1 Å². The van der Waals surface area contributed by atoms with Crippen LogP contribution in [0.2, 0.25) is 0 Å². The third kappa shape index (κ3) is 2.58. The van der Waals surface area contributed by atoms with Crippen molar-refractivity contribution in [3.05, 3.63) is 35.6 Å². The van der Waals surface area contributed by atoms with Crippen molar-refractivity contribution in [1.29, 1.82) is 0 Å². The van der Waals surface area contributed by atoms with E-state index >= 15 is 0 Å². The number of hydrogen-bond acceptors (Lipinski definition) is 3. The topological polar surface area (TPSA) is 41.5 Å². The Kier molecular flexibility index (Phi) is 3.53. The van der Waals surface area contributed by atoms with Crippen molar-refractivity contribution in [2.24, 2.45) is 0 Å². The van der Waals surface area contributed by atoms with Crippen molar-refractivity contribution in [2.45, 2.75) is 25.1 Å². The Labute approximate surface area is 94.2 Å². The first-order chi connectivity index (χ1) is 7.66. The van der Waals surface area contributed by atoms with E-state index in [0.717, 1.165) is 5.56 Å². The van der Waals surface area contributed by atoms with Crippen LogP contribution in [0.1, 0.15) is 18.5 Å². The number of rotatable bonds is 3. The van der Waals surface area contributed by atoms with Gasteiger partial charge in [-0.1, -0.05) is 12.1 Å².